The van der Waals surface area contributed by atoms with E-state index in [4.69, 9.17) is 0 Å². The van der Waals surface area contributed by atoms with Gasteiger partial charge >= 0.3 is 0 Å². The van der Waals surface area contributed by atoms with Crippen molar-refractivity contribution in [2.45, 2.75) is 13.8 Å². The van der Waals surface area contributed by atoms with Gasteiger partial charge < -0.3 is 4.98 Å². The monoisotopic (exact) mass is 434 g/mol. The molecule has 0 aliphatic carbocycles. The highest BCUT2D eigenvalue weighted by molar-refractivity contribution is 6.01. The molecule has 5 aromatic rings. The molecule has 0 atom stereocenters. The summed E-state index contributed by atoms with van der Waals surface area (Å²) in [7, 11) is 0. The van der Waals surface area contributed by atoms with E-state index < -0.39 is 0 Å². The van der Waals surface area contributed by atoms with Crippen LogP contribution in [0.5, 0.6) is 0 Å². The first-order chi connectivity index (χ1) is 16.1. The van der Waals surface area contributed by atoms with Crippen molar-refractivity contribution in [1.82, 2.24) is 20.2 Å². The van der Waals surface area contributed by atoms with E-state index in [2.05, 4.69) is 51.0 Å². The lowest BCUT2D eigenvalue weighted by atomic mass is 10.0. The molecule has 0 saturated carbocycles. The van der Waals surface area contributed by atoms with E-state index in [1.54, 1.807) is 12.1 Å². The summed E-state index contributed by atoms with van der Waals surface area (Å²) in [6.07, 6.45) is 7.81. The van der Waals surface area contributed by atoms with E-state index in [1.807, 2.05) is 50.4 Å². The molecule has 5 rings (SSSR count). The van der Waals surface area contributed by atoms with Gasteiger partial charge in [-0.2, -0.15) is 5.10 Å². The summed E-state index contributed by atoms with van der Waals surface area (Å²) in [6.45, 7) is 7.87. The first-order valence-electron chi connectivity index (χ1n) is 10.8. The molecule has 4 nitrogen and oxygen atoms in total. The number of rotatable bonds is 5. The van der Waals surface area contributed by atoms with E-state index in [0.717, 1.165) is 55.5 Å². The average Bonchev–Trinajstić information content (AvgIpc) is 3.45. The number of benzene rings is 2. The fourth-order valence-corrected chi connectivity index (χ4v) is 4.10. The summed E-state index contributed by atoms with van der Waals surface area (Å²) in [6, 6.07) is 16.8. The number of aromatic amines is 2. The minimum Gasteiger partial charge on any atom is -0.353 e. The largest absolute Gasteiger partial charge is 0.353 e. The first-order valence-corrected chi connectivity index (χ1v) is 10.8. The number of halogens is 1. The Hall–Kier alpha value is -4.25. The molecule has 2 N–H and O–H groups in total. The molecular weight excluding hydrogens is 411 g/mol. The molecule has 0 aliphatic heterocycles. The van der Waals surface area contributed by atoms with E-state index in [0.29, 0.717) is 5.65 Å². The molecule has 0 radical (unpaired) electrons. The van der Waals surface area contributed by atoms with Gasteiger partial charge in [-0.25, -0.2) is 9.37 Å². The van der Waals surface area contributed by atoms with E-state index >= 15 is 0 Å². The van der Waals surface area contributed by atoms with E-state index in [1.165, 1.54) is 6.07 Å². The third-order valence-corrected chi connectivity index (χ3v) is 5.83. The number of pyridine rings is 1. The fourth-order valence-electron chi connectivity index (χ4n) is 4.10. The highest BCUT2D eigenvalue weighted by Crippen LogP contribution is 2.34. The highest BCUT2D eigenvalue weighted by Gasteiger charge is 2.15. The van der Waals surface area contributed by atoms with Gasteiger partial charge in [0, 0.05) is 28.0 Å². The standard InChI is InChI=1S/C28H23FN4/c1-4-17(3)12-18(5-2)20-14-24-27(32-33-28(24)30-16-20)26-15-23-22(10-7-11-25(23)31-26)19-8-6-9-21(29)13-19/h4-16,31H,1H2,2-3H3,(H,30,32,33)/b17-12-,18-5+. The molecule has 0 aliphatic rings. The number of fused-ring (bicyclic) bond motifs is 2. The van der Waals surface area contributed by atoms with E-state index in [-0.39, 0.29) is 5.82 Å². The lowest BCUT2D eigenvalue weighted by molar-refractivity contribution is 0.628. The quantitative estimate of drug-likeness (QED) is 0.282. The molecule has 0 fully saturated rings. The number of nitrogens with zero attached hydrogens (tertiary/aromatic N) is 2. The van der Waals surface area contributed by atoms with Crippen LogP contribution in [0.1, 0.15) is 19.4 Å². The Kier molecular flexibility index (Phi) is 5.23. The zero-order valence-electron chi connectivity index (χ0n) is 18.5. The Morgan fingerprint density at radius 1 is 1.06 bits per heavy atom. The highest BCUT2D eigenvalue weighted by atomic mass is 19.1. The normalized spacial score (nSPS) is 12.6. The summed E-state index contributed by atoms with van der Waals surface area (Å²) in [5.41, 5.74) is 8.34. The van der Waals surface area contributed by atoms with Crippen LogP contribution in [0.3, 0.4) is 0 Å². The second-order valence-corrected chi connectivity index (χ2v) is 7.99. The Bertz CT molecular complexity index is 1570. The summed E-state index contributed by atoms with van der Waals surface area (Å²) in [5, 5.41) is 9.49. The number of aromatic nitrogens is 4. The first kappa shape index (κ1) is 20.6. The van der Waals surface area contributed by atoms with Gasteiger partial charge in [0.05, 0.1) is 11.4 Å². The van der Waals surface area contributed by atoms with Gasteiger partial charge in [0.1, 0.15) is 5.82 Å². The molecule has 0 saturated heterocycles. The van der Waals surface area contributed by atoms with Crippen LogP contribution in [-0.4, -0.2) is 20.2 Å². The van der Waals surface area contributed by atoms with Crippen molar-refractivity contribution in [3.05, 3.63) is 103 Å². The molecule has 2 aromatic carbocycles. The third-order valence-electron chi connectivity index (χ3n) is 5.83. The van der Waals surface area contributed by atoms with Gasteiger partial charge in [0.25, 0.3) is 0 Å². The van der Waals surface area contributed by atoms with Gasteiger partial charge in [-0.1, -0.05) is 54.6 Å². The summed E-state index contributed by atoms with van der Waals surface area (Å²) >= 11 is 0. The van der Waals surface area contributed by atoms with Gasteiger partial charge in [0.15, 0.2) is 5.65 Å². The van der Waals surface area contributed by atoms with Crippen molar-refractivity contribution >= 4 is 27.5 Å². The molecular formula is C28H23FN4. The maximum atomic E-state index is 13.8. The molecule has 3 aromatic heterocycles. The molecule has 5 heteroatoms. The second-order valence-electron chi connectivity index (χ2n) is 7.99. The van der Waals surface area contributed by atoms with E-state index in [9.17, 15) is 4.39 Å². The fraction of sp³-hybridized carbons (Fsp3) is 0.0714. The molecule has 162 valence electrons. The van der Waals surface area contributed by atoms with Gasteiger partial charge in [-0.15, -0.1) is 0 Å². The number of nitrogens with one attached hydrogen (secondary N) is 2. The maximum Gasteiger partial charge on any atom is 0.181 e. The third kappa shape index (κ3) is 3.78. The second kappa shape index (κ2) is 8.36. The minimum atomic E-state index is -0.251. The molecule has 0 unspecified atom stereocenters. The summed E-state index contributed by atoms with van der Waals surface area (Å²) in [5.74, 6) is -0.251. The van der Waals surface area contributed by atoms with Crippen molar-refractivity contribution in [2.24, 2.45) is 0 Å². The lowest BCUT2D eigenvalue weighted by Crippen LogP contribution is -1.86. The molecule has 0 spiro atoms. The van der Waals surface area contributed by atoms with Crippen LogP contribution in [0, 0.1) is 5.82 Å². The smallest absolute Gasteiger partial charge is 0.181 e. The molecule has 0 bridgehead atoms. The van der Waals surface area contributed by atoms with Crippen LogP contribution >= 0.6 is 0 Å². The van der Waals surface area contributed by atoms with Crippen molar-refractivity contribution in [2.75, 3.05) is 0 Å². The number of hydrogen-bond donors (Lipinski definition) is 2. The molecule has 0 amide bonds. The van der Waals surface area contributed by atoms with Crippen LogP contribution in [0.2, 0.25) is 0 Å². The number of hydrogen-bond acceptors (Lipinski definition) is 2. The topological polar surface area (TPSA) is 57.4 Å². The predicted octanol–water partition coefficient (Wildman–Crippen LogP) is 7.45. The molecule has 3 heterocycles. The van der Waals surface area contributed by atoms with Crippen LogP contribution in [0.4, 0.5) is 4.39 Å². The van der Waals surface area contributed by atoms with Gasteiger partial charge in [0.2, 0.25) is 0 Å². The van der Waals surface area contributed by atoms with Crippen LogP contribution < -0.4 is 0 Å². The average molecular weight is 435 g/mol. The van der Waals surface area contributed by atoms with Crippen molar-refractivity contribution in [1.29, 1.82) is 0 Å². The SMILES string of the molecule is C=C/C(C)=C\C(=C/C)c1cnc2n[nH]c(-c3cc4c(-c5cccc(F)c5)cccc4[nH]3)c2c1. The van der Waals surface area contributed by atoms with Crippen LogP contribution in [-0.2, 0) is 0 Å². The zero-order valence-corrected chi connectivity index (χ0v) is 18.5. The maximum absolute atomic E-state index is 13.8. The Balaban J connectivity index is 1.64. The van der Waals surface area contributed by atoms with Gasteiger partial charge in [-0.05, 0) is 60.9 Å². The zero-order chi connectivity index (χ0) is 22.9. The minimum absolute atomic E-state index is 0.251. The van der Waals surface area contributed by atoms with Crippen molar-refractivity contribution < 1.29 is 4.39 Å². The lowest BCUT2D eigenvalue weighted by Gasteiger charge is -2.04. The Labute approximate surface area is 191 Å². The van der Waals surface area contributed by atoms with Crippen LogP contribution in [0.15, 0.2) is 91.2 Å². The predicted molar refractivity (Wildman–Crippen MR) is 134 cm³/mol. The number of allylic oxidation sites excluding steroid dienone is 5. The molecule has 33 heavy (non-hydrogen) atoms. The summed E-state index contributed by atoms with van der Waals surface area (Å²) in [4.78, 5) is 8.05. The Morgan fingerprint density at radius 3 is 2.70 bits per heavy atom. The van der Waals surface area contributed by atoms with Gasteiger partial charge in [-0.3, -0.25) is 5.10 Å². The summed E-state index contributed by atoms with van der Waals surface area (Å²) < 4.78 is 13.8. The number of H-pyrrole nitrogens is 2. The van der Waals surface area contributed by atoms with Crippen molar-refractivity contribution in [3.8, 4) is 22.5 Å². The van der Waals surface area contributed by atoms with Crippen molar-refractivity contribution in [3.63, 3.8) is 0 Å². The van der Waals surface area contributed by atoms with Crippen LogP contribution in [0.25, 0.3) is 50.0 Å². The Morgan fingerprint density at radius 2 is 1.91 bits per heavy atom.